The second-order valence-electron chi connectivity index (χ2n) is 5.96. The smallest absolute Gasteiger partial charge is 0.254 e. The molecule has 5 heteroatoms. The van der Waals surface area contributed by atoms with Crippen molar-refractivity contribution in [2.45, 2.75) is 19.9 Å². The van der Waals surface area contributed by atoms with Crippen molar-refractivity contribution in [2.24, 2.45) is 0 Å². The molecule has 1 heterocycles. The first-order valence-electron chi connectivity index (χ1n) is 7.92. The number of hydrogen-bond donors (Lipinski definition) is 0. The van der Waals surface area contributed by atoms with Crippen LogP contribution in [-0.4, -0.2) is 35.8 Å². The summed E-state index contributed by atoms with van der Waals surface area (Å²) in [6.07, 6.45) is 0. The highest BCUT2D eigenvalue weighted by Gasteiger charge is 2.35. The van der Waals surface area contributed by atoms with E-state index in [4.69, 9.17) is 11.6 Å². The van der Waals surface area contributed by atoms with Crippen molar-refractivity contribution in [3.05, 3.63) is 64.7 Å². The number of benzene rings is 2. The Balaban J connectivity index is 1.81. The summed E-state index contributed by atoms with van der Waals surface area (Å²) in [4.78, 5) is 28.9. The van der Waals surface area contributed by atoms with Gasteiger partial charge in [-0.3, -0.25) is 9.59 Å². The predicted octanol–water partition coefficient (Wildman–Crippen LogP) is 3.53. The third-order valence-corrected chi connectivity index (χ3v) is 4.68. The van der Waals surface area contributed by atoms with Crippen LogP contribution in [-0.2, 0) is 4.79 Å². The molecule has 0 bridgehead atoms. The maximum absolute atomic E-state index is 12.8. The first-order chi connectivity index (χ1) is 11.5. The number of aryl methyl sites for hydroxylation is 1. The number of anilines is 1. The molecular weight excluding hydrogens is 324 g/mol. The van der Waals surface area contributed by atoms with Crippen molar-refractivity contribution in [2.75, 3.05) is 18.0 Å². The first kappa shape index (κ1) is 16.5. The molecule has 0 N–H and O–H groups in total. The quantitative estimate of drug-likeness (QED) is 0.837. The van der Waals surface area contributed by atoms with E-state index in [0.717, 1.165) is 11.3 Å². The monoisotopic (exact) mass is 342 g/mol. The van der Waals surface area contributed by atoms with Crippen molar-refractivity contribution in [3.63, 3.8) is 0 Å². The lowest BCUT2D eigenvalue weighted by Gasteiger charge is -2.39. The lowest BCUT2D eigenvalue weighted by atomic mass is 10.0. The lowest BCUT2D eigenvalue weighted by Crippen LogP contribution is -2.57. The number of rotatable bonds is 2. The van der Waals surface area contributed by atoms with Crippen LogP contribution in [0.3, 0.4) is 0 Å². The summed E-state index contributed by atoms with van der Waals surface area (Å²) in [5.41, 5.74) is 2.37. The van der Waals surface area contributed by atoms with Gasteiger partial charge in [0.1, 0.15) is 6.04 Å². The van der Waals surface area contributed by atoms with Gasteiger partial charge in [-0.05, 0) is 49.7 Å². The zero-order chi connectivity index (χ0) is 17.3. The Morgan fingerprint density at radius 3 is 2.42 bits per heavy atom. The van der Waals surface area contributed by atoms with Gasteiger partial charge in [-0.25, -0.2) is 0 Å². The Hall–Kier alpha value is -2.33. The number of hydrogen-bond acceptors (Lipinski definition) is 2. The second kappa shape index (κ2) is 6.65. The lowest BCUT2D eigenvalue weighted by molar-refractivity contribution is -0.124. The van der Waals surface area contributed by atoms with E-state index >= 15 is 0 Å². The summed E-state index contributed by atoms with van der Waals surface area (Å²) in [6, 6.07) is 14.1. The molecule has 24 heavy (non-hydrogen) atoms. The Bertz CT molecular complexity index is 773. The van der Waals surface area contributed by atoms with Crippen LogP contribution in [0, 0.1) is 6.92 Å². The average Bonchev–Trinajstić information content (AvgIpc) is 2.58. The maximum atomic E-state index is 12.8. The highest BCUT2D eigenvalue weighted by Crippen LogP contribution is 2.24. The fourth-order valence-electron chi connectivity index (χ4n) is 2.99. The standard InChI is InChI=1S/C19H19ClN2O2/c1-13-5-3-4-6-17(13)19(24)21-11-12-22(18(23)14(21)2)16-9-7-15(20)8-10-16/h3-10,14H,11-12H2,1-2H3/t14-/m0/s1. The Morgan fingerprint density at radius 2 is 1.75 bits per heavy atom. The molecule has 3 rings (SSSR count). The van der Waals surface area contributed by atoms with Crippen molar-refractivity contribution in [3.8, 4) is 0 Å². The van der Waals surface area contributed by atoms with Gasteiger partial charge in [0.05, 0.1) is 0 Å². The molecule has 0 saturated carbocycles. The molecule has 1 fully saturated rings. The minimum absolute atomic E-state index is 0.0782. The van der Waals surface area contributed by atoms with Crippen molar-refractivity contribution in [1.29, 1.82) is 0 Å². The molecule has 1 aliphatic heterocycles. The molecule has 124 valence electrons. The van der Waals surface area contributed by atoms with Crippen molar-refractivity contribution >= 4 is 29.1 Å². The van der Waals surface area contributed by atoms with Gasteiger partial charge in [-0.1, -0.05) is 29.8 Å². The van der Waals surface area contributed by atoms with Crippen LogP contribution >= 0.6 is 11.6 Å². The largest absolute Gasteiger partial charge is 0.325 e. The Morgan fingerprint density at radius 1 is 1.08 bits per heavy atom. The van der Waals surface area contributed by atoms with Crippen LogP contribution in [0.15, 0.2) is 48.5 Å². The molecule has 0 aromatic heterocycles. The van der Waals surface area contributed by atoms with Gasteiger partial charge in [0.15, 0.2) is 0 Å². The average molecular weight is 343 g/mol. The van der Waals surface area contributed by atoms with E-state index in [1.54, 1.807) is 34.9 Å². The maximum Gasteiger partial charge on any atom is 0.254 e. The summed E-state index contributed by atoms with van der Waals surface area (Å²) in [6.45, 7) is 4.66. The summed E-state index contributed by atoms with van der Waals surface area (Å²) in [7, 11) is 0. The highest BCUT2D eigenvalue weighted by molar-refractivity contribution is 6.30. The molecule has 1 atom stereocenters. The summed E-state index contributed by atoms with van der Waals surface area (Å²) < 4.78 is 0. The molecule has 0 unspecified atom stereocenters. The highest BCUT2D eigenvalue weighted by atomic mass is 35.5. The van der Waals surface area contributed by atoms with Crippen molar-refractivity contribution < 1.29 is 9.59 Å². The Kier molecular flexibility index (Phi) is 4.58. The molecule has 4 nitrogen and oxygen atoms in total. The summed E-state index contributed by atoms with van der Waals surface area (Å²) >= 11 is 5.91. The SMILES string of the molecule is Cc1ccccc1C(=O)N1CCN(c2ccc(Cl)cc2)C(=O)[C@@H]1C. The van der Waals surface area contributed by atoms with Gasteiger partial charge < -0.3 is 9.80 Å². The molecule has 0 aliphatic carbocycles. The van der Waals surface area contributed by atoms with Crippen LogP contribution in [0.2, 0.25) is 5.02 Å². The number of carbonyl (C=O) groups excluding carboxylic acids is 2. The summed E-state index contributed by atoms with van der Waals surface area (Å²) in [5.74, 6) is -0.171. The molecule has 0 radical (unpaired) electrons. The molecule has 2 amide bonds. The first-order valence-corrected chi connectivity index (χ1v) is 8.30. The van der Waals surface area contributed by atoms with E-state index in [1.807, 2.05) is 37.3 Å². The van der Waals surface area contributed by atoms with E-state index in [1.165, 1.54) is 0 Å². The molecular formula is C19H19ClN2O2. The fourth-order valence-corrected chi connectivity index (χ4v) is 3.12. The van der Waals surface area contributed by atoms with E-state index in [2.05, 4.69) is 0 Å². The van der Waals surface area contributed by atoms with Gasteiger partial charge in [0.2, 0.25) is 5.91 Å². The molecule has 0 spiro atoms. The van der Waals surface area contributed by atoms with Crippen LogP contribution in [0.4, 0.5) is 5.69 Å². The zero-order valence-corrected chi connectivity index (χ0v) is 14.5. The van der Waals surface area contributed by atoms with E-state index in [9.17, 15) is 9.59 Å². The predicted molar refractivity (Wildman–Crippen MR) is 95.5 cm³/mol. The molecule has 1 saturated heterocycles. The number of halogens is 1. The second-order valence-corrected chi connectivity index (χ2v) is 6.39. The van der Waals surface area contributed by atoms with Crippen molar-refractivity contribution in [1.82, 2.24) is 4.90 Å². The van der Waals surface area contributed by atoms with E-state index in [0.29, 0.717) is 23.7 Å². The van der Waals surface area contributed by atoms with Gasteiger partial charge >= 0.3 is 0 Å². The van der Waals surface area contributed by atoms with Gasteiger partial charge in [0, 0.05) is 29.4 Å². The van der Waals surface area contributed by atoms with Gasteiger partial charge in [-0.15, -0.1) is 0 Å². The third-order valence-electron chi connectivity index (χ3n) is 4.43. The van der Waals surface area contributed by atoms with Crippen LogP contribution in [0.25, 0.3) is 0 Å². The molecule has 2 aromatic rings. The van der Waals surface area contributed by atoms with Crippen LogP contribution in [0.1, 0.15) is 22.8 Å². The Labute approximate surface area is 146 Å². The number of nitrogens with zero attached hydrogens (tertiary/aromatic N) is 2. The number of amides is 2. The normalized spacial score (nSPS) is 18.0. The third kappa shape index (κ3) is 3.02. The molecule has 2 aromatic carbocycles. The van der Waals surface area contributed by atoms with Crippen LogP contribution in [0.5, 0.6) is 0 Å². The minimum atomic E-state index is -0.499. The van der Waals surface area contributed by atoms with E-state index < -0.39 is 6.04 Å². The summed E-state index contributed by atoms with van der Waals surface area (Å²) in [5, 5.41) is 0.632. The number of carbonyl (C=O) groups is 2. The van der Waals surface area contributed by atoms with E-state index in [-0.39, 0.29) is 11.8 Å². The topological polar surface area (TPSA) is 40.6 Å². The van der Waals surface area contributed by atoms with Gasteiger partial charge in [0.25, 0.3) is 5.91 Å². The van der Waals surface area contributed by atoms with Gasteiger partial charge in [-0.2, -0.15) is 0 Å². The molecule has 1 aliphatic rings. The minimum Gasteiger partial charge on any atom is -0.325 e. The zero-order valence-electron chi connectivity index (χ0n) is 13.7. The van der Waals surface area contributed by atoms with Crippen LogP contribution < -0.4 is 4.90 Å². The number of piperazine rings is 1. The fraction of sp³-hybridized carbons (Fsp3) is 0.263.